The van der Waals surface area contributed by atoms with Crippen LogP contribution >= 0.6 is 11.3 Å². The van der Waals surface area contributed by atoms with Crippen LogP contribution in [0, 0.1) is 15.5 Å². The molecule has 7 heteroatoms. The third-order valence-electron chi connectivity index (χ3n) is 4.11. The van der Waals surface area contributed by atoms with E-state index in [1.165, 1.54) is 11.3 Å². The van der Waals surface area contributed by atoms with Crippen LogP contribution in [-0.4, -0.2) is 30.2 Å². The summed E-state index contributed by atoms with van der Waals surface area (Å²) in [6, 6.07) is 3.67. The number of hydrogen-bond acceptors (Lipinski definition) is 6. The second-order valence-electron chi connectivity index (χ2n) is 5.51. The van der Waals surface area contributed by atoms with Crippen LogP contribution in [0.1, 0.15) is 19.3 Å². The minimum absolute atomic E-state index is 0.0799. The molecule has 1 aromatic carbocycles. The van der Waals surface area contributed by atoms with E-state index in [1.54, 1.807) is 18.7 Å². The summed E-state index contributed by atoms with van der Waals surface area (Å²) in [5.74, 6) is 0. The lowest BCUT2D eigenvalue weighted by Crippen LogP contribution is -2.17. The molecule has 21 heavy (non-hydrogen) atoms. The molecule has 0 unspecified atom stereocenters. The summed E-state index contributed by atoms with van der Waals surface area (Å²) in [5.41, 5.74) is 2.98. The van der Waals surface area contributed by atoms with E-state index in [-0.39, 0.29) is 16.0 Å². The normalized spacial score (nSPS) is 16.0. The molecule has 1 saturated carbocycles. The molecule has 2 aromatic rings. The molecule has 0 bridgehead atoms. The monoisotopic (exact) mass is 307 g/mol. The Morgan fingerprint density at radius 1 is 1.52 bits per heavy atom. The van der Waals surface area contributed by atoms with Crippen molar-refractivity contribution in [1.82, 2.24) is 4.98 Å². The van der Waals surface area contributed by atoms with E-state index in [9.17, 15) is 10.1 Å². The smallest absolute Gasteiger partial charge is 0.319 e. The van der Waals surface area contributed by atoms with Gasteiger partial charge in [0.25, 0.3) is 0 Å². The molecule has 6 nitrogen and oxygen atoms in total. The van der Waals surface area contributed by atoms with Crippen molar-refractivity contribution >= 4 is 32.9 Å². The Balaban J connectivity index is 1.80. The second-order valence-corrected chi connectivity index (χ2v) is 6.40. The number of methoxy groups -OCH3 is 1. The van der Waals surface area contributed by atoms with Crippen molar-refractivity contribution in [2.75, 3.05) is 25.6 Å². The molecule has 1 aliphatic rings. The molecule has 0 atom stereocenters. The highest BCUT2D eigenvalue weighted by Gasteiger charge is 2.42. The summed E-state index contributed by atoms with van der Waals surface area (Å²) >= 11 is 1.41. The summed E-state index contributed by atoms with van der Waals surface area (Å²) in [4.78, 5) is 15.1. The third-order valence-corrected chi connectivity index (χ3v) is 4.90. The van der Waals surface area contributed by atoms with E-state index in [0.29, 0.717) is 11.2 Å². The summed E-state index contributed by atoms with van der Waals surface area (Å²) in [6.07, 6.45) is 3.29. The largest absolute Gasteiger partial charge is 0.385 e. The number of thiazole rings is 1. The molecule has 1 aromatic heterocycles. The first-order chi connectivity index (χ1) is 10.2. The van der Waals surface area contributed by atoms with Crippen LogP contribution in [0.25, 0.3) is 10.2 Å². The van der Waals surface area contributed by atoms with Gasteiger partial charge in [0.2, 0.25) is 0 Å². The number of fused-ring (bicyclic) bond motifs is 1. The molecular weight excluding hydrogens is 290 g/mol. The number of benzene rings is 1. The Labute approximate surface area is 126 Å². The molecule has 1 N–H and O–H groups in total. The Morgan fingerprint density at radius 3 is 3.00 bits per heavy atom. The number of rotatable bonds is 7. The van der Waals surface area contributed by atoms with Gasteiger partial charge in [0.1, 0.15) is 5.69 Å². The summed E-state index contributed by atoms with van der Waals surface area (Å²) in [7, 11) is 1.70. The number of ether oxygens (including phenoxy) is 1. The van der Waals surface area contributed by atoms with Crippen LogP contribution in [0.4, 0.5) is 11.4 Å². The Morgan fingerprint density at radius 2 is 2.33 bits per heavy atom. The third kappa shape index (κ3) is 2.84. The zero-order valence-corrected chi connectivity index (χ0v) is 12.6. The van der Waals surface area contributed by atoms with Gasteiger partial charge in [-0.1, -0.05) is 0 Å². The van der Waals surface area contributed by atoms with Crippen molar-refractivity contribution in [3.63, 3.8) is 0 Å². The van der Waals surface area contributed by atoms with Crippen LogP contribution in [-0.2, 0) is 4.74 Å². The van der Waals surface area contributed by atoms with Gasteiger partial charge in [0.05, 0.1) is 15.1 Å². The highest BCUT2D eigenvalue weighted by molar-refractivity contribution is 7.16. The number of anilines is 1. The zero-order valence-electron chi connectivity index (χ0n) is 11.8. The van der Waals surface area contributed by atoms with Gasteiger partial charge in [0, 0.05) is 20.3 Å². The van der Waals surface area contributed by atoms with E-state index in [2.05, 4.69) is 10.3 Å². The van der Waals surface area contributed by atoms with Crippen LogP contribution in [0.5, 0.6) is 0 Å². The number of aromatic nitrogens is 1. The van der Waals surface area contributed by atoms with Crippen LogP contribution in [0.2, 0.25) is 0 Å². The van der Waals surface area contributed by atoms with Crippen molar-refractivity contribution in [3.8, 4) is 0 Å². The van der Waals surface area contributed by atoms with E-state index in [4.69, 9.17) is 4.74 Å². The molecule has 1 aliphatic carbocycles. The zero-order chi connectivity index (χ0) is 14.9. The predicted molar refractivity (Wildman–Crippen MR) is 82.9 cm³/mol. The fourth-order valence-corrected chi connectivity index (χ4v) is 3.22. The number of hydrogen-bond donors (Lipinski definition) is 1. The first-order valence-electron chi connectivity index (χ1n) is 6.89. The van der Waals surface area contributed by atoms with E-state index >= 15 is 0 Å². The lowest BCUT2D eigenvalue weighted by atomic mass is 10.0. The molecule has 1 fully saturated rings. The Kier molecular flexibility index (Phi) is 3.77. The van der Waals surface area contributed by atoms with Gasteiger partial charge < -0.3 is 10.1 Å². The highest BCUT2D eigenvalue weighted by atomic mass is 32.1. The quantitative estimate of drug-likeness (QED) is 0.626. The molecule has 0 spiro atoms. The molecule has 0 radical (unpaired) electrons. The molecule has 1 heterocycles. The van der Waals surface area contributed by atoms with E-state index < -0.39 is 0 Å². The number of nitrogens with zero attached hydrogens (tertiary/aromatic N) is 2. The molecular formula is C14H17N3O3S. The SMILES string of the molecule is COCCC1(CNc2ccc3scnc3c2[N+](=O)[O-])CC1. The average molecular weight is 307 g/mol. The van der Waals surface area contributed by atoms with Crippen molar-refractivity contribution in [2.45, 2.75) is 19.3 Å². The summed E-state index contributed by atoms with van der Waals surface area (Å²) in [6.45, 7) is 1.47. The number of nitro groups is 1. The standard InChI is InChI=1S/C14H17N3O3S/c1-20-7-6-14(4-5-14)8-15-10-2-3-11-12(16-9-21-11)13(10)17(18)19/h2-3,9,15H,4-8H2,1H3. The number of nitrogens with one attached hydrogen (secondary N) is 1. The topological polar surface area (TPSA) is 77.3 Å². The molecule has 0 aliphatic heterocycles. The first kappa shape index (κ1) is 14.2. The fourth-order valence-electron chi connectivity index (χ4n) is 2.54. The van der Waals surface area contributed by atoms with E-state index in [0.717, 1.165) is 37.1 Å². The van der Waals surface area contributed by atoms with E-state index in [1.807, 2.05) is 6.07 Å². The maximum atomic E-state index is 11.4. The molecule has 112 valence electrons. The Bertz CT molecular complexity index is 667. The van der Waals surface area contributed by atoms with Crippen LogP contribution < -0.4 is 5.32 Å². The summed E-state index contributed by atoms with van der Waals surface area (Å²) < 4.78 is 5.97. The molecule has 0 amide bonds. The maximum Gasteiger partial charge on any atom is 0.319 e. The molecule has 3 rings (SSSR count). The lowest BCUT2D eigenvalue weighted by molar-refractivity contribution is -0.382. The van der Waals surface area contributed by atoms with Crippen molar-refractivity contribution < 1.29 is 9.66 Å². The fraction of sp³-hybridized carbons (Fsp3) is 0.500. The maximum absolute atomic E-state index is 11.4. The van der Waals surface area contributed by atoms with Crippen LogP contribution in [0.15, 0.2) is 17.6 Å². The van der Waals surface area contributed by atoms with Gasteiger partial charge in [-0.25, -0.2) is 4.98 Å². The molecule has 0 saturated heterocycles. The predicted octanol–water partition coefficient (Wildman–Crippen LogP) is 3.43. The van der Waals surface area contributed by atoms with Gasteiger partial charge in [-0.2, -0.15) is 0 Å². The number of nitro benzene ring substituents is 1. The van der Waals surface area contributed by atoms with Crippen LogP contribution in [0.3, 0.4) is 0 Å². The van der Waals surface area contributed by atoms with Gasteiger partial charge in [-0.3, -0.25) is 10.1 Å². The van der Waals surface area contributed by atoms with Gasteiger partial charge >= 0.3 is 5.69 Å². The van der Waals surface area contributed by atoms with Gasteiger partial charge in [-0.15, -0.1) is 11.3 Å². The van der Waals surface area contributed by atoms with Crippen molar-refractivity contribution in [2.24, 2.45) is 5.41 Å². The second kappa shape index (κ2) is 5.57. The lowest BCUT2D eigenvalue weighted by Gasteiger charge is -2.16. The highest BCUT2D eigenvalue weighted by Crippen LogP contribution is 2.49. The van der Waals surface area contributed by atoms with Crippen molar-refractivity contribution in [3.05, 3.63) is 27.8 Å². The van der Waals surface area contributed by atoms with Crippen molar-refractivity contribution in [1.29, 1.82) is 0 Å². The Hall–Kier alpha value is -1.73. The minimum Gasteiger partial charge on any atom is -0.385 e. The average Bonchev–Trinajstić information content (AvgIpc) is 3.08. The minimum atomic E-state index is -0.348. The first-order valence-corrected chi connectivity index (χ1v) is 7.77. The van der Waals surface area contributed by atoms with Gasteiger partial charge in [0.15, 0.2) is 5.52 Å². The van der Waals surface area contributed by atoms with Gasteiger partial charge in [-0.05, 0) is 36.8 Å². The summed E-state index contributed by atoms with van der Waals surface area (Å²) in [5, 5.41) is 14.6.